The first-order chi connectivity index (χ1) is 12.5. The minimum Gasteiger partial charge on any atom is -0.486 e. The quantitative estimate of drug-likeness (QED) is 0.714. The second kappa shape index (κ2) is 8.25. The van der Waals surface area contributed by atoms with Crippen molar-refractivity contribution in [3.63, 3.8) is 0 Å². The van der Waals surface area contributed by atoms with Crippen molar-refractivity contribution in [3.8, 4) is 11.5 Å². The number of hydrogen-bond acceptors (Lipinski definition) is 5. The highest BCUT2D eigenvalue weighted by Crippen LogP contribution is 2.23. The van der Waals surface area contributed by atoms with E-state index < -0.39 is 45.5 Å². The molecule has 11 heteroatoms. The maximum absolute atomic E-state index is 14.0. The summed E-state index contributed by atoms with van der Waals surface area (Å²) in [7, 11) is -3.95. The summed E-state index contributed by atoms with van der Waals surface area (Å²) < 4.78 is 84.9. The molecule has 0 atom stereocenters. The first-order valence-corrected chi connectivity index (χ1v) is 9.12. The highest BCUT2D eigenvalue weighted by molar-refractivity contribution is 7.89. The number of carbonyl (C=O) groups excluding carboxylic acids is 1. The normalized spacial score (nSPS) is 11.3. The molecule has 0 radical (unpaired) electrons. The molecule has 1 N–H and O–H groups in total. The number of ether oxygens (including phenoxy) is 2. The van der Waals surface area contributed by atoms with Crippen LogP contribution < -0.4 is 14.2 Å². The molecule has 1 amide bonds. The monoisotopic (exact) mass is 407 g/mol. The standard InChI is InChI=1S/C16H13F4NO5S/c1-27(23,24)21-15(22)11-6-13(18)14(7-12(11)17)25-8-9-2-4-10(5-3-9)26-16(19)20/h2-7,16H,8H2,1H3,(H,21,22). The largest absolute Gasteiger partial charge is 0.486 e. The lowest BCUT2D eigenvalue weighted by molar-refractivity contribution is -0.0498. The first-order valence-electron chi connectivity index (χ1n) is 7.23. The van der Waals surface area contributed by atoms with Gasteiger partial charge in [0, 0.05) is 6.07 Å². The fraction of sp³-hybridized carbons (Fsp3) is 0.188. The maximum Gasteiger partial charge on any atom is 0.387 e. The average Bonchev–Trinajstić information content (AvgIpc) is 2.54. The van der Waals surface area contributed by atoms with Crippen molar-refractivity contribution in [2.75, 3.05) is 6.26 Å². The lowest BCUT2D eigenvalue weighted by Crippen LogP contribution is -2.30. The summed E-state index contributed by atoms with van der Waals surface area (Å²) in [6.45, 7) is -3.19. The fourth-order valence-corrected chi connectivity index (χ4v) is 2.41. The third-order valence-corrected chi connectivity index (χ3v) is 3.64. The van der Waals surface area contributed by atoms with Crippen molar-refractivity contribution in [3.05, 3.63) is 59.2 Å². The number of hydrogen-bond donors (Lipinski definition) is 1. The second-order valence-electron chi connectivity index (χ2n) is 5.28. The summed E-state index contributed by atoms with van der Waals surface area (Å²) in [5.74, 6) is -4.19. The molecule has 0 aliphatic heterocycles. The van der Waals surface area contributed by atoms with Crippen molar-refractivity contribution in [1.29, 1.82) is 0 Å². The zero-order chi connectivity index (χ0) is 20.2. The van der Waals surface area contributed by atoms with E-state index in [2.05, 4.69) is 4.74 Å². The molecule has 2 aromatic rings. The fourth-order valence-electron chi connectivity index (χ4n) is 1.96. The average molecular weight is 407 g/mol. The van der Waals surface area contributed by atoms with Gasteiger partial charge in [-0.25, -0.2) is 21.9 Å². The molecule has 0 unspecified atom stereocenters. The number of benzene rings is 2. The number of halogens is 4. The predicted octanol–water partition coefficient (Wildman–Crippen LogP) is 2.83. The highest BCUT2D eigenvalue weighted by Gasteiger charge is 2.19. The van der Waals surface area contributed by atoms with Crippen molar-refractivity contribution in [2.24, 2.45) is 0 Å². The number of amides is 1. The van der Waals surface area contributed by atoms with Crippen molar-refractivity contribution in [1.82, 2.24) is 4.72 Å². The van der Waals surface area contributed by atoms with Crippen LogP contribution in [0.4, 0.5) is 17.6 Å². The molecule has 0 aliphatic carbocycles. The molecule has 0 saturated carbocycles. The summed E-state index contributed by atoms with van der Waals surface area (Å²) in [6.07, 6.45) is 0.689. The molecule has 2 rings (SSSR count). The van der Waals surface area contributed by atoms with E-state index >= 15 is 0 Å². The van der Waals surface area contributed by atoms with E-state index in [4.69, 9.17) is 4.74 Å². The van der Waals surface area contributed by atoms with E-state index in [-0.39, 0.29) is 12.4 Å². The molecule has 0 spiro atoms. The molecule has 0 bridgehead atoms. The van der Waals surface area contributed by atoms with Gasteiger partial charge in [0.05, 0.1) is 11.8 Å². The Labute approximate surface area is 151 Å². The zero-order valence-electron chi connectivity index (χ0n) is 13.7. The van der Waals surface area contributed by atoms with Gasteiger partial charge >= 0.3 is 6.61 Å². The maximum atomic E-state index is 14.0. The molecule has 0 aromatic heterocycles. The van der Waals surface area contributed by atoms with Crippen LogP contribution in [0.1, 0.15) is 15.9 Å². The minimum atomic E-state index is -3.95. The Balaban J connectivity index is 2.09. The molecule has 2 aromatic carbocycles. The van der Waals surface area contributed by atoms with Gasteiger partial charge in [-0.05, 0) is 23.8 Å². The number of nitrogens with one attached hydrogen (secondary N) is 1. The Morgan fingerprint density at radius 3 is 2.30 bits per heavy atom. The van der Waals surface area contributed by atoms with Gasteiger partial charge in [0.2, 0.25) is 10.0 Å². The molecule has 0 aliphatic rings. The van der Waals surface area contributed by atoms with Crippen molar-refractivity contribution >= 4 is 15.9 Å². The number of alkyl halides is 2. The van der Waals surface area contributed by atoms with E-state index in [1.165, 1.54) is 29.0 Å². The van der Waals surface area contributed by atoms with Crippen LogP contribution in [0.3, 0.4) is 0 Å². The SMILES string of the molecule is CS(=O)(=O)NC(=O)c1cc(F)c(OCc2ccc(OC(F)F)cc2)cc1F. The Morgan fingerprint density at radius 2 is 1.74 bits per heavy atom. The number of sulfonamides is 1. The van der Waals surface area contributed by atoms with Gasteiger partial charge in [-0.15, -0.1) is 0 Å². The van der Waals surface area contributed by atoms with E-state index in [1.54, 1.807) is 0 Å². The van der Waals surface area contributed by atoms with Crippen LogP contribution in [-0.2, 0) is 16.6 Å². The van der Waals surface area contributed by atoms with Gasteiger partial charge in [0.1, 0.15) is 18.2 Å². The van der Waals surface area contributed by atoms with Crippen LogP contribution in [0.5, 0.6) is 11.5 Å². The third kappa shape index (κ3) is 6.13. The summed E-state index contributed by atoms with van der Waals surface area (Å²) in [5, 5.41) is 0. The number of carbonyl (C=O) groups is 1. The Hall–Kier alpha value is -2.82. The molecular formula is C16H13F4NO5S. The van der Waals surface area contributed by atoms with E-state index in [0.29, 0.717) is 24.0 Å². The predicted molar refractivity (Wildman–Crippen MR) is 86.1 cm³/mol. The minimum absolute atomic E-state index is 0.0767. The van der Waals surface area contributed by atoms with Crippen LogP contribution in [0, 0.1) is 11.6 Å². The second-order valence-corrected chi connectivity index (χ2v) is 7.03. The topological polar surface area (TPSA) is 81.7 Å². The summed E-state index contributed by atoms with van der Waals surface area (Å²) >= 11 is 0. The highest BCUT2D eigenvalue weighted by atomic mass is 32.2. The molecule has 0 saturated heterocycles. The number of rotatable bonds is 7. The van der Waals surface area contributed by atoms with Crippen LogP contribution in [0.25, 0.3) is 0 Å². The smallest absolute Gasteiger partial charge is 0.387 e. The summed E-state index contributed by atoms with van der Waals surface area (Å²) in [4.78, 5) is 11.6. The van der Waals surface area contributed by atoms with Gasteiger partial charge in [0.15, 0.2) is 11.6 Å². The Morgan fingerprint density at radius 1 is 1.11 bits per heavy atom. The molecular weight excluding hydrogens is 394 g/mol. The van der Waals surface area contributed by atoms with Gasteiger partial charge in [0.25, 0.3) is 5.91 Å². The van der Waals surface area contributed by atoms with Crippen LogP contribution in [0.2, 0.25) is 0 Å². The zero-order valence-corrected chi connectivity index (χ0v) is 14.5. The molecule has 146 valence electrons. The van der Waals surface area contributed by atoms with Gasteiger partial charge < -0.3 is 9.47 Å². The van der Waals surface area contributed by atoms with Crippen LogP contribution >= 0.6 is 0 Å². The van der Waals surface area contributed by atoms with E-state index in [0.717, 1.165) is 0 Å². The molecule has 6 nitrogen and oxygen atoms in total. The van der Waals surface area contributed by atoms with E-state index in [1.807, 2.05) is 0 Å². The Bertz CT molecular complexity index is 933. The summed E-state index contributed by atoms with van der Waals surface area (Å²) in [5.41, 5.74) is -0.353. The van der Waals surface area contributed by atoms with E-state index in [9.17, 15) is 30.8 Å². The molecule has 27 heavy (non-hydrogen) atoms. The van der Waals surface area contributed by atoms with Gasteiger partial charge in [-0.2, -0.15) is 8.78 Å². The lowest BCUT2D eigenvalue weighted by Gasteiger charge is -2.10. The third-order valence-electron chi connectivity index (χ3n) is 3.09. The lowest BCUT2D eigenvalue weighted by atomic mass is 10.2. The van der Waals surface area contributed by atoms with Crippen LogP contribution in [-0.4, -0.2) is 27.2 Å². The molecule has 0 fully saturated rings. The first kappa shape index (κ1) is 20.5. The van der Waals surface area contributed by atoms with Gasteiger partial charge in [-0.3, -0.25) is 4.79 Å². The summed E-state index contributed by atoms with van der Waals surface area (Å²) in [6, 6.07) is 6.38. The Kier molecular flexibility index (Phi) is 6.26. The van der Waals surface area contributed by atoms with Gasteiger partial charge in [-0.1, -0.05) is 12.1 Å². The van der Waals surface area contributed by atoms with Crippen LogP contribution in [0.15, 0.2) is 36.4 Å². The van der Waals surface area contributed by atoms with Crippen molar-refractivity contribution < 1.29 is 40.2 Å². The van der Waals surface area contributed by atoms with Crippen molar-refractivity contribution in [2.45, 2.75) is 13.2 Å². The molecule has 0 heterocycles.